The van der Waals surface area contributed by atoms with Crippen LogP contribution in [0, 0.1) is 11.7 Å². The summed E-state index contributed by atoms with van der Waals surface area (Å²) in [5.41, 5.74) is 1.15. The maximum Gasteiger partial charge on any atom is 0.225 e. The second kappa shape index (κ2) is 6.99. The fourth-order valence-electron chi connectivity index (χ4n) is 3.84. The summed E-state index contributed by atoms with van der Waals surface area (Å²) in [7, 11) is 0. The molecule has 3 aromatic rings. The normalized spacial score (nSPS) is 17.0. The number of anilines is 1. The predicted octanol–water partition coefficient (Wildman–Crippen LogP) is 3.45. The van der Waals surface area contributed by atoms with Crippen molar-refractivity contribution in [1.82, 2.24) is 14.9 Å². The van der Waals surface area contributed by atoms with E-state index in [4.69, 9.17) is 4.98 Å². The van der Waals surface area contributed by atoms with Crippen LogP contribution in [0.2, 0.25) is 0 Å². The van der Waals surface area contributed by atoms with E-state index in [9.17, 15) is 14.3 Å². The van der Waals surface area contributed by atoms with E-state index in [1.807, 2.05) is 11.0 Å². The standard InChI is InChI=1S/C22H21FN4O2.H2/c23-15-7-8-18-17(13-15)21(25-20(24-18)16-3-1-2-4-19(16)28)26-9-11-27(12-10-26)22(29)14-5-6-14;/h1-4,7-8,13-14,28H,5-6,9-12H2;1H. The van der Waals surface area contributed by atoms with E-state index in [1.165, 1.54) is 12.1 Å². The molecule has 1 aromatic heterocycles. The average Bonchev–Trinajstić information content (AvgIpc) is 3.58. The van der Waals surface area contributed by atoms with Gasteiger partial charge in [-0.15, -0.1) is 0 Å². The zero-order valence-corrected chi connectivity index (χ0v) is 15.9. The van der Waals surface area contributed by atoms with Crippen molar-refractivity contribution >= 4 is 22.6 Å². The number of para-hydroxylation sites is 1. The first-order valence-corrected chi connectivity index (χ1v) is 9.89. The summed E-state index contributed by atoms with van der Waals surface area (Å²) in [6, 6.07) is 11.4. The molecule has 0 bridgehead atoms. The maximum absolute atomic E-state index is 14.0. The van der Waals surface area contributed by atoms with Crippen LogP contribution in [0.25, 0.3) is 22.3 Å². The number of aromatic nitrogens is 2. The van der Waals surface area contributed by atoms with Gasteiger partial charge >= 0.3 is 0 Å². The minimum Gasteiger partial charge on any atom is -0.507 e. The minimum absolute atomic E-state index is 0. The molecule has 0 unspecified atom stereocenters. The third kappa shape index (κ3) is 3.37. The fraction of sp³-hybridized carbons (Fsp3) is 0.318. The number of amides is 1. The van der Waals surface area contributed by atoms with E-state index in [0.717, 1.165) is 12.8 Å². The van der Waals surface area contributed by atoms with Crippen molar-refractivity contribution in [2.45, 2.75) is 12.8 Å². The molecule has 0 atom stereocenters. The van der Waals surface area contributed by atoms with Gasteiger partial charge in [0.25, 0.3) is 0 Å². The molecule has 1 aliphatic heterocycles. The number of rotatable bonds is 3. The monoisotopic (exact) mass is 394 g/mol. The van der Waals surface area contributed by atoms with Crippen LogP contribution in [0.3, 0.4) is 0 Å². The van der Waals surface area contributed by atoms with E-state index in [0.29, 0.717) is 54.3 Å². The second-order valence-corrected chi connectivity index (χ2v) is 7.64. The van der Waals surface area contributed by atoms with Crippen LogP contribution in [-0.4, -0.2) is 52.1 Å². The number of fused-ring (bicyclic) bond motifs is 1. The van der Waals surface area contributed by atoms with E-state index in [2.05, 4.69) is 9.88 Å². The molecular formula is C22H23FN4O2. The number of hydrogen-bond donors (Lipinski definition) is 1. The third-order valence-corrected chi connectivity index (χ3v) is 5.60. The SMILES string of the molecule is O=C(C1CC1)N1CCN(c2nc(-c3ccccc3O)nc3ccc(F)cc23)CC1.[HH]. The lowest BCUT2D eigenvalue weighted by molar-refractivity contribution is -0.132. The zero-order valence-electron chi connectivity index (χ0n) is 15.9. The maximum atomic E-state index is 14.0. The summed E-state index contributed by atoms with van der Waals surface area (Å²) >= 11 is 0. The largest absolute Gasteiger partial charge is 0.507 e. The first kappa shape index (κ1) is 17.8. The first-order chi connectivity index (χ1) is 14.1. The average molecular weight is 394 g/mol. The molecular weight excluding hydrogens is 371 g/mol. The highest BCUT2D eigenvalue weighted by molar-refractivity contribution is 5.91. The van der Waals surface area contributed by atoms with E-state index in [1.54, 1.807) is 24.3 Å². The van der Waals surface area contributed by atoms with E-state index < -0.39 is 0 Å². The Labute approximate surface area is 169 Å². The molecule has 5 rings (SSSR count). The number of aromatic hydroxyl groups is 1. The van der Waals surface area contributed by atoms with Gasteiger partial charge in [0.2, 0.25) is 5.91 Å². The Morgan fingerprint density at radius 1 is 1.07 bits per heavy atom. The summed E-state index contributed by atoms with van der Waals surface area (Å²) in [5, 5.41) is 10.9. The Balaban J connectivity index is 0.00000218. The molecule has 150 valence electrons. The van der Waals surface area contributed by atoms with Crippen LogP contribution in [0.5, 0.6) is 5.75 Å². The summed E-state index contributed by atoms with van der Waals surface area (Å²) in [6.45, 7) is 2.51. The van der Waals surface area contributed by atoms with Crippen LogP contribution < -0.4 is 4.90 Å². The van der Waals surface area contributed by atoms with Gasteiger partial charge in [0.15, 0.2) is 5.82 Å². The number of halogens is 1. The fourth-order valence-corrected chi connectivity index (χ4v) is 3.84. The summed E-state index contributed by atoms with van der Waals surface area (Å²) in [5.74, 6) is 1.24. The molecule has 1 aliphatic carbocycles. The lowest BCUT2D eigenvalue weighted by Gasteiger charge is -2.36. The van der Waals surface area contributed by atoms with Crippen molar-refractivity contribution in [2.75, 3.05) is 31.1 Å². The van der Waals surface area contributed by atoms with Gasteiger partial charge in [-0.1, -0.05) is 12.1 Å². The highest BCUT2D eigenvalue weighted by atomic mass is 19.1. The van der Waals surface area contributed by atoms with Crippen LogP contribution in [0.1, 0.15) is 14.3 Å². The Hall–Kier alpha value is -3.22. The molecule has 0 spiro atoms. The highest BCUT2D eigenvalue weighted by Gasteiger charge is 2.35. The number of phenolic OH excluding ortho intramolecular Hbond substituents is 1. The topological polar surface area (TPSA) is 69.6 Å². The zero-order chi connectivity index (χ0) is 20.0. The lowest BCUT2D eigenvalue weighted by atomic mass is 10.1. The third-order valence-electron chi connectivity index (χ3n) is 5.60. The van der Waals surface area contributed by atoms with Crippen LogP contribution in [0.4, 0.5) is 10.2 Å². The van der Waals surface area contributed by atoms with Crippen molar-refractivity contribution < 1.29 is 15.7 Å². The minimum atomic E-state index is -0.347. The molecule has 2 aliphatic rings. The van der Waals surface area contributed by atoms with Gasteiger partial charge in [-0.3, -0.25) is 4.79 Å². The number of benzene rings is 2. The van der Waals surface area contributed by atoms with Gasteiger partial charge < -0.3 is 14.9 Å². The lowest BCUT2D eigenvalue weighted by Crippen LogP contribution is -2.49. The van der Waals surface area contributed by atoms with Crippen molar-refractivity contribution in [3.8, 4) is 17.1 Å². The van der Waals surface area contributed by atoms with Crippen LogP contribution in [0.15, 0.2) is 42.5 Å². The second-order valence-electron chi connectivity index (χ2n) is 7.64. The predicted molar refractivity (Wildman–Crippen MR) is 110 cm³/mol. The molecule has 2 fully saturated rings. The number of hydrogen-bond acceptors (Lipinski definition) is 5. The highest BCUT2D eigenvalue weighted by Crippen LogP contribution is 2.34. The Morgan fingerprint density at radius 3 is 2.55 bits per heavy atom. The van der Waals surface area contributed by atoms with Gasteiger partial charge in [-0.2, -0.15) is 0 Å². The summed E-state index contributed by atoms with van der Waals surface area (Å²) < 4.78 is 14.0. The molecule has 7 heteroatoms. The Morgan fingerprint density at radius 2 is 1.83 bits per heavy atom. The van der Waals surface area contributed by atoms with Gasteiger partial charge in [-0.25, -0.2) is 14.4 Å². The molecule has 2 aromatic carbocycles. The van der Waals surface area contributed by atoms with E-state index in [-0.39, 0.29) is 24.8 Å². The van der Waals surface area contributed by atoms with Crippen molar-refractivity contribution in [2.24, 2.45) is 5.92 Å². The molecule has 0 radical (unpaired) electrons. The van der Waals surface area contributed by atoms with Gasteiger partial charge in [-0.05, 0) is 43.2 Å². The van der Waals surface area contributed by atoms with Crippen molar-refractivity contribution in [3.63, 3.8) is 0 Å². The Bertz CT molecular complexity index is 1100. The molecule has 1 saturated carbocycles. The number of carbonyl (C=O) groups is 1. The van der Waals surface area contributed by atoms with Crippen LogP contribution >= 0.6 is 0 Å². The number of piperazine rings is 1. The molecule has 1 N–H and O–H groups in total. The molecule has 1 saturated heterocycles. The van der Waals surface area contributed by atoms with Crippen molar-refractivity contribution in [3.05, 3.63) is 48.3 Å². The number of phenols is 1. The van der Waals surface area contributed by atoms with Gasteiger partial charge in [0.1, 0.15) is 17.4 Å². The first-order valence-electron chi connectivity index (χ1n) is 9.89. The number of nitrogens with zero attached hydrogens (tertiary/aromatic N) is 4. The molecule has 29 heavy (non-hydrogen) atoms. The molecule has 1 amide bonds. The van der Waals surface area contributed by atoms with Crippen molar-refractivity contribution in [1.29, 1.82) is 0 Å². The van der Waals surface area contributed by atoms with E-state index >= 15 is 0 Å². The summed E-state index contributed by atoms with van der Waals surface area (Å²) in [6.07, 6.45) is 2.00. The van der Waals surface area contributed by atoms with Gasteiger partial charge in [0, 0.05) is 38.9 Å². The Kier molecular flexibility index (Phi) is 4.30. The quantitative estimate of drug-likeness (QED) is 0.737. The van der Waals surface area contributed by atoms with Crippen LogP contribution in [-0.2, 0) is 4.79 Å². The van der Waals surface area contributed by atoms with Gasteiger partial charge in [0.05, 0.1) is 11.1 Å². The smallest absolute Gasteiger partial charge is 0.225 e. The molecule has 6 nitrogen and oxygen atoms in total. The number of carbonyl (C=O) groups excluding carboxylic acids is 1. The summed E-state index contributed by atoms with van der Waals surface area (Å²) in [4.78, 5) is 25.6. The molecule has 2 heterocycles.